The van der Waals surface area contributed by atoms with Crippen molar-refractivity contribution in [3.8, 4) is 0 Å². The Kier molecular flexibility index (Phi) is 6.25. The molecule has 0 bridgehead atoms. The molecule has 1 fully saturated rings. The van der Waals surface area contributed by atoms with Crippen LogP contribution >= 0.6 is 0 Å². The fraction of sp³-hybridized carbons (Fsp3) is 0.409. The van der Waals surface area contributed by atoms with Gasteiger partial charge in [-0.05, 0) is 30.0 Å². The molecule has 2 atom stereocenters. The SMILES string of the molecule is C[C@@](CNc1cc(C(F)(F)F)nc2cc(C(F)(F)F)nn12)(c1ccc(F)cc1)[C@@H]1CCN(C(N)=O)C1. The molecule has 3 N–H and O–H groups in total. The number of carbonyl (C=O) groups excluding carboxylic acids is 1. The molecule has 0 radical (unpaired) electrons. The Morgan fingerprint density at radius 1 is 1.08 bits per heavy atom. The van der Waals surface area contributed by atoms with Gasteiger partial charge < -0.3 is 16.0 Å². The van der Waals surface area contributed by atoms with Gasteiger partial charge in [0.25, 0.3) is 0 Å². The highest BCUT2D eigenvalue weighted by atomic mass is 19.4. The van der Waals surface area contributed by atoms with Gasteiger partial charge in [0.05, 0.1) is 0 Å². The zero-order valence-electron chi connectivity index (χ0n) is 18.8. The summed E-state index contributed by atoms with van der Waals surface area (Å²) in [6.45, 7) is 2.29. The van der Waals surface area contributed by atoms with Crippen LogP contribution in [0.25, 0.3) is 5.65 Å². The van der Waals surface area contributed by atoms with Crippen LogP contribution in [0.15, 0.2) is 36.4 Å². The van der Waals surface area contributed by atoms with Crippen LogP contribution in [-0.2, 0) is 17.8 Å². The highest BCUT2D eigenvalue weighted by Gasteiger charge is 2.42. The maximum Gasteiger partial charge on any atom is 0.435 e. The molecule has 0 aliphatic carbocycles. The Morgan fingerprint density at radius 2 is 1.72 bits per heavy atom. The number of benzene rings is 1. The number of urea groups is 1. The molecule has 1 aliphatic rings. The van der Waals surface area contributed by atoms with Crippen molar-refractivity contribution in [3.05, 3.63) is 59.2 Å². The Balaban J connectivity index is 1.75. The number of alkyl halides is 6. The quantitative estimate of drug-likeness (QED) is 0.481. The number of nitrogens with zero attached hydrogens (tertiary/aromatic N) is 4. The van der Waals surface area contributed by atoms with Crippen LogP contribution < -0.4 is 11.1 Å². The molecule has 2 amide bonds. The Bertz CT molecular complexity index is 1270. The van der Waals surface area contributed by atoms with E-state index in [4.69, 9.17) is 5.73 Å². The Morgan fingerprint density at radius 3 is 2.28 bits per heavy atom. The zero-order valence-corrected chi connectivity index (χ0v) is 18.8. The van der Waals surface area contributed by atoms with Crippen molar-refractivity contribution in [2.24, 2.45) is 11.7 Å². The largest absolute Gasteiger partial charge is 0.435 e. The van der Waals surface area contributed by atoms with Crippen LogP contribution in [0.3, 0.4) is 0 Å². The predicted octanol–water partition coefficient (Wildman–Crippen LogP) is 4.68. The summed E-state index contributed by atoms with van der Waals surface area (Å²) in [7, 11) is 0. The van der Waals surface area contributed by atoms with Gasteiger partial charge in [-0.15, -0.1) is 0 Å². The van der Waals surface area contributed by atoms with Crippen LogP contribution in [-0.4, -0.2) is 45.2 Å². The minimum Gasteiger partial charge on any atom is -0.369 e. The normalized spacial score (nSPS) is 18.4. The molecule has 36 heavy (non-hydrogen) atoms. The highest BCUT2D eigenvalue weighted by Crippen LogP contribution is 2.39. The van der Waals surface area contributed by atoms with E-state index in [1.807, 2.05) is 0 Å². The number of hydrogen-bond donors (Lipinski definition) is 2. The minimum atomic E-state index is -4.92. The summed E-state index contributed by atoms with van der Waals surface area (Å²) >= 11 is 0. The standard InChI is InChI=1S/C22H21F7N6O/c1-20(12-2-4-14(23)5-3-12,13-6-7-34(10-13)19(30)36)11-31-17-8-15(21(24,25)26)32-18-9-16(22(27,28)29)33-35(17)18/h2-5,8-9,13,31H,6-7,10-11H2,1H3,(H2,30,36)/t13-,20-/m1/s1. The fourth-order valence-corrected chi connectivity index (χ4v) is 4.45. The minimum absolute atomic E-state index is 0.0759. The van der Waals surface area contributed by atoms with Gasteiger partial charge in [0.2, 0.25) is 0 Å². The van der Waals surface area contributed by atoms with E-state index in [0.717, 1.165) is 0 Å². The molecule has 3 aromatic rings. The van der Waals surface area contributed by atoms with E-state index in [2.05, 4.69) is 15.4 Å². The number of nitrogens with two attached hydrogens (primary N) is 1. The number of primary amides is 1. The Hall–Kier alpha value is -3.58. The van der Waals surface area contributed by atoms with Crippen molar-refractivity contribution in [3.63, 3.8) is 0 Å². The summed E-state index contributed by atoms with van der Waals surface area (Å²) in [4.78, 5) is 16.4. The lowest BCUT2D eigenvalue weighted by atomic mass is 9.71. The van der Waals surface area contributed by atoms with Crippen LogP contribution in [0, 0.1) is 11.7 Å². The van der Waals surface area contributed by atoms with E-state index in [0.29, 0.717) is 35.2 Å². The van der Waals surface area contributed by atoms with Gasteiger partial charge in [-0.1, -0.05) is 19.1 Å². The lowest BCUT2D eigenvalue weighted by Gasteiger charge is -2.37. The third-order valence-corrected chi connectivity index (χ3v) is 6.55. The number of fused-ring (bicyclic) bond motifs is 1. The molecule has 1 aromatic carbocycles. The van der Waals surface area contributed by atoms with E-state index in [1.54, 1.807) is 6.92 Å². The van der Waals surface area contributed by atoms with E-state index in [9.17, 15) is 35.5 Å². The number of likely N-dealkylation sites (tertiary alicyclic amines) is 1. The molecule has 194 valence electrons. The summed E-state index contributed by atoms with van der Waals surface area (Å²) in [5, 5.41) is 6.21. The smallest absolute Gasteiger partial charge is 0.369 e. The van der Waals surface area contributed by atoms with Crippen LogP contribution in [0.1, 0.15) is 30.3 Å². The number of rotatable bonds is 5. The summed E-state index contributed by atoms with van der Waals surface area (Å²) in [5.74, 6) is -1.10. The molecule has 4 rings (SSSR count). The van der Waals surface area contributed by atoms with Gasteiger partial charge >= 0.3 is 18.4 Å². The first kappa shape index (κ1) is 25.5. The maximum absolute atomic E-state index is 13.6. The third-order valence-electron chi connectivity index (χ3n) is 6.55. The maximum atomic E-state index is 13.6. The van der Waals surface area contributed by atoms with Crippen molar-refractivity contribution < 1.29 is 35.5 Å². The molecule has 2 aromatic heterocycles. The molecule has 1 aliphatic heterocycles. The number of amides is 2. The summed E-state index contributed by atoms with van der Waals surface area (Å²) < 4.78 is 94.2. The topological polar surface area (TPSA) is 88.6 Å². The second kappa shape index (κ2) is 8.82. The lowest BCUT2D eigenvalue weighted by Crippen LogP contribution is -2.42. The predicted molar refractivity (Wildman–Crippen MR) is 114 cm³/mol. The van der Waals surface area contributed by atoms with E-state index in [1.165, 1.54) is 29.2 Å². The number of anilines is 1. The highest BCUT2D eigenvalue weighted by molar-refractivity contribution is 5.72. The van der Waals surface area contributed by atoms with Crippen LogP contribution in [0.2, 0.25) is 0 Å². The second-order valence-corrected chi connectivity index (χ2v) is 8.87. The van der Waals surface area contributed by atoms with Crippen molar-refractivity contribution in [1.82, 2.24) is 19.5 Å². The van der Waals surface area contributed by atoms with Gasteiger partial charge in [-0.2, -0.15) is 36.0 Å². The first-order valence-electron chi connectivity index (χ1n) is 10.8. The number of hydrogen-bond acceptors (Lipinski definition) is 4. The summed E-state index contributed by atoms with van der Waals surface area (Å²) in [5.41, 5.74) is 1.70. The van der Waals surface area contributed by atoms with Crippen molar-refractivity contribution >= 4 is 17.5 Å². The van der Waals surface area contributed by atoms with Crippen molar-refractivity contribution in [2.45, 2.75) is 31.1 Å². The average molecular weight is 518 g/mol. The summed E-state index contributed by atoms with van der Waals surface area (Å²) in [6, 6.07) is 5.87. The number of carbonyl (C=O) groups is 1. The number of aromatic nitrogens is 3. The second-order valence-electron chi connectivity index (χ2n) is 8.87. The molecule has 3 heterocycles. The zero-order chi connectivity index (χ0) is 26.5. The first-order valence-corrected chi connectivity index (χ1v) is 10.8. The van der Waals surface area contributed by atoms with Gasteiger partial charge in [-0.3, -0.25) is 0 Å². The molecule has 7 nitrogen and oxygen atoms in total. The molecule has 14 heteroatoms. The van der Waals surface area contributed by atoms with E-state index < -0.39 is 46.7 Å². The van der Waals surface area contributed by atoms with Crippen molar-refractivity contribution in [1.29, 1.82) is 0 Å². The third kappa shape index (κ3) is 4.88. The number of nitrogens with one attached hydrogen (secondary N) is 1. The average Bonchev–Trinajstić information content (AvgIpc) is 3.45. The van der Waals surface area contributed by atoms with Gasteiger partial charge in [0.1, 0.15) is 11.6 Å². The van der Waals surface area contributed by atoms with Crippen molar-refractivity contribution in [2.75, 3.05) is 25.0 Å². The molecule has 0 saturated carbocycles. The van der Waals surface area contributed by atoms with Crippen LogP contribution in [0.4, 0.5) is 41.3 Å². The summed E-state index contributed by atoms with van der Waals surface area (Å²) in [6.07, 6.45) is -9.32. The number of halogens is 7. The monoisotopic (exact) mass is 518 g/mol. The molecule has 0 spiro atoms. The Labute approximate surface area is 200 Å². The molecule has 1 saturated heterocycles. The first-order chi connectivity index (χ1) is 16.7. The fourth-order valence-electron chi connectivity index (χ4n) is 4.45. The molecular formula is C22H21F7N6O. The van der Waals surface area contributed by atoms with Gasteiger partial charge in [-0.25, -0.2) is 14.2 Å². The molecule has 0 unspecified atom stereocenters. The lowest BCUT2D eigenvalue weighted by molar-refractivity contribution is -0.142. The van der Waals surface area contributed by atoms with E-state index in [-0.39, 0.29) is 24.8 Å². The van der Waals surface area contributed by atoms with Crippen LogP contribution in [0.5, 0.6) is 0 Å². The van der Waals surface area contributed by atoms with Gasteiger partial charge in [0, 0.05) is 37.2 Å². The van der Waals surface area contributed by atoms with E-state index >= 15 is 0 Å². The van der Waals surface area contributed by atoms with Gasteiger partial charge in [0.15, 0.2) is 17.0 Å². The molecular weight excluding hydrogens is 497 g/mol.